The van der Waals surface area contributed by atoms with Gasteiger partial charge in [-0.25, -0.2) is 0 Å². The average Bonchev–Trinajstić information content (AvgIpc) is 2.10. The van der Waals surface area contributed by atoms with Gasteiger partial charge in [0.25, 0.3) is 0 Å². The number of aromatic hydroxyl groups is 1. The SMILES string of the molecule is Cc1cc(CC=NN(C)C)ccc1O. The van der Waals surface area contributed by atoms with Gasteiger partial charge in [-0.2, -0.15) is 5.10 Å². The quantitative estimate of drug-likeness (QED) is 0.585. The maximum absolute atomic E-state index is 9.32. The van der Waals surface area contributed by atoms with Crippen LogP contribution in [0.15, 0.2) is 23.3 Å². The van der Waals surface area contributed by atoms with Crippen molar-refractivity contribution >= 4 is 6.21 Å². The molecule has 76 valence electrons. The Morgan fingerprint density at radius 2 is 2.14 bits per heavy atom. The molecular weight excluding hydrogens is 176 g/mol. The first-order valence-corrected chi connectivity index (χ1v) is 4.58. The van der Waals surface area contributed by atoms with E-state index in [0.717, 1.165) is 17.5 Å². The Bertz CT molecular complexity index is 332. The molecule has 1 N–H and O–H groups in total. The highest BCUT2D eigenvalue weighted by atomic mass is 16.3. The molecular formula is C11H16N2O. The summed E-state index contributed by atoms with van der Waals surface area (Å²) in [5.74, 6) is 0.346. The van der Waals surface area contributed by atoms with Crippen molar-refractivity contribution in [1.29, 1.82) is 0 Å². The van der Waals surface area contributed by atoms with Gasteiger partial charge >= 0.3 is 0 Å². The highest BCUT2D eigenvalue weighted by molar-refractivity contribution is 5.61. The van der Waals surface area contributed by atoms with E-state index in [-0.39, 0.29) is 0 Å². The molecule has 1 rings (SSSR count). The van der Waals surface area contributed by atoms with Gasteiger partial charge in [0.15, 0.2) is 0 Å². The molecule has 3 heteroatoms. The predicted octanol–water partition coefficient (Wildman–Crippen LogP) is 1.79. The van der Waals surface area contributed by atoms with Crippen LogP contribution in [0.3, 0.4) is 0 Å². The maximum atomic E-state index is 9.32. The minimum absolute atomic E-state index is 0.346. The van der Waals surface area contributed by atoms with E-state index in [2.05, 4.69) is 5.10 Å². The van der Waals surface area contributed by atoms with Crippen LogP contribution in [-0.4, -0.2) is 30.4 Å². The van der Waals surface area contributed by atoms with Crippen LogP contribution in [0.4, 0.5) is 0 Å². The fourth-order valence-corrected chi connectivity index (χ4v) is 1.15. The third kappa shape index (κ3) is 3.09. The van der Waals surface area contributed by atoms with E-state index in [4.69, 9.17) is 0 Å². The molecule has 1 aromatic rings. The van der Waals surface area contributed by atoms with Gasteiger partial charge in [-0.15, -0.1) is 0 Å². The van der Waals surface area contributed by atoms with Crippen LogP contribution >= 0.6 is 0 Å². The number of rotatable bonds is 3. The first kappa shape index (κ1) is 10.6. The van der Waals surface area contributed by atoms with E-state index >= 15 is 0 Å². The summed E-state index contributed by atoms with van der Waals surface area (Å²) in [7, 11) is 3.77. The first-order chi connectivity index (χ1) is 6.59. The Morgan fingerprint density at radius 1 is 1.43 bits per heavy atom. The number of hydrogen-bond donors (Lipinski definition) is 1. The fourth-order valence-electron chi connectivity index (χ4n) is 1.15. The molecule has 0 saturated carbocycles. The van der Waals surface area contributed by atoms with Crippen LogP contribution in [0.1, 0.15) is 11.1 Å². The Hall–Kier alpha value is -1.51. The number of benzene rings is 1. The van der Waals surface area contributed by atoms with Gasteiger partial charge in [-0.3, -0.25) is 0 Å². The molecule has 0 radical (unpaired) electrons. The molecule has 3 nitrogen and oxygen atoms in total. The van der Waals surface area contributed by atoms with Gasteiger partial charge in [-0.1, -0.05) is 12.1 Å². The lowest BCUT2D eigenvalue weighted by atomic mass is 10.1. The largest absolute Gasteiger partial charge is 0.508 e. The van der Waals surface area contributed by atoms with E-state index in [9.17, 15) is 5.11 Å². The van der Waals surface area contributed by atoms with Crippen molar-refractivity contribution < 1.29 is 5.11 Å². The van der Waals surface area contributed by atoms with Gasteiger partial charge in [0.1, 0.15) is 5.75 Å². The molecule has 0 saturated heterocycles. The van der Waals surface area contributed by atoms with E-state index in [1.165, 1.54) is 0 Å². The Morgan fingerprint density at radius 3 is 2.71 bits per heavy atom. The molecule has 0 aliphatic rings. The van der Waals surface area contributed by atoms with Crippen LogP contribution < -0.4 is 0 Å². The Labute approximate surface area is 84.7 Å². The minimum Gasteiger partial charge on any atom is -0.508 e. The highest BCUT2D eigenvalue weighted by Crippen LogP contribution is 2.16. The monoisotopic (exact) mass is 192 g/mol. The number of aryl methyl sites for hydroxylation is 1. The summed E-state index contributed by atoms with van der Waals surface area (Å²) in [5, 5.41) is 15.2. The van der Waals surface area contributed by atoms with Crippen LogP contribution in [0.5, 0.6) is 5.75 Å². The summed E-state index contributed by atoms with van der Waals surface area (Å²) in [4.78, 5) is 0. The minimum atomic E-state index is 0.346. The van der Waals surface area contributed by atoms with E-state index in [1.54, 1.807) is 11.1 Å². The normalized spacial score (nSPS) is 10.8. The average molecular weight is 192 g/mol. The number of hydrazone groups is 1. The van der Waals surface area contributed by atoms with Gasteiger partial charge in [0, 0.05) is 26.7 Å². The molecule has 0 spiro atoms. The summed E-state index contributed by atoms with van der Waals surface area (Å²) >= 11 is 0. The lowest BCUT2D eigenvalue weighted by Gasteiger charge is -2.03. The van der Waals surface area contributed by atoms with Gasteiger partial charge < -0.3 is 10.1 Å². The Balaban J connectivity index is 2.64. The predicted molar refractivity (Wildman–Crippen MR) is 58.7 cm³/mol. The Kier molecular flexibility index (Phi) is 3.51. The third-order valence-electron chi connectivity index (χ3n) is 1.90. The lowest BCUT2D eigenvalue weighted by molar-refractivity contribution is 0.439. The van der Waals surface area contributed by atoms with Crippen molar-refractivity contribution in [1.82, 2.24) is 5.01 Å². The number of phenolic OH excluding ortho intramolecular Hbond substituents is 1. The summed E-state index contributed by atoms with van der Waals surface area (Å²) in [6.07, 6.45) is 2.64. The second-order valence-electron chi connectivity index (χ2n) is 3.47. The van der Waals surface area contributed by atoms with Gasteiger partial charge in [0.05, 0.1) is 0 Å². The number of phenols is 1. The van der Waals surface area contributed by atoms with Crippen LogP contribution in [0.25, 0.3) is 0 Å². The third-order valence-corrected chi connectivity index (χ3v) is 1.90. The van der Waals surface area contributed by atoms with Crippen LogP contribution in [0, 0.1) is 6.92 Å². The van der Waals surface area contributed by atoms with E-state index < -0.39 is 0 Å². The molecule has 0 fully saturated rings. The van der Waals surface area contributed by atoms with Crippen LogP contribution in [0.2, 0.25) is 0 Å². The molecule has 0 aliphatic carbocycles. The van der Waals surface area contributed by atoms with Crippen molar-refractivity contribution in [2.24, 2.45) is 5.10 Å². The summed E-state index contributed by atoms with van der Waals surface area (Å²) < 4.78 is 0. The zero-order chi connectivity index (χ0) is 10.6. The molecule has 0 atom stereocenters. The summed E-state index contributed by atoms with van der Waals surface area (Å²) in [6.45, 7) is 1.89. The zero-order valence-electron chi connectivity index (χ0n) is 8.86. The molecule has 0 aromatic heterocycles. The van der Waals surface area contributed by atoms with E-state index in [0.29, 0.717) is 5.75 Å². The van der Waals surface area contributed by atoms with Gasteiger partial charge in [0.2, 0.25) is 0 Å². The van der Waals surface area contributed by atoms with E-state index in [1.807, 2.05) is 39.4 Å². The van der Waals surface area contributed by atoms with Crippen molar-refractivity contribution in [3.8, 4) is 5.75 Å². The standard InChI is InChI=1S/C11H16N2O/c1-9-8-10(4-5-11(9)14)6-7-12-13(2)3/h4-5,7-8,14H,6H2,1-3H3. The highest BCUT2D eigenvalue weighted by Gasteiger charge is 1.96. The lowest BCUT2D eigenvalue weighted by Crippen LogP contribution is -2.02. The van der Waals surface area contributed by atoms with Crippen molar-refractivity contribution in [2.75, 3.05) is 14.1 Å². The molecule has 0 aliphatic heterocycles. The molecule has 0 heterocycles. The van der Waals surface area contributed by atoms with Crippen molar-refractivity contribution in [3.63, 3.8) is 0 Å². The molecule has 0 bridgehead atoms. The van der Waals surface area contributed by atoms with Crippen molar-refractivity contribution in [3.05, 3.63) is 29.3 Å². The second-order valence-corrected chi connectivity index (χ2v) is 3.47. The van der Waals surface area contributed by atoms with Crippen LogP contribution in [-0.2, 0) is 6.42 Å². The number of nitrogens with zero attached hydrogens (tertiary/aromatic N) is 2. The second kappa shape index (κ2) is 4.65. The smallest absolute Gasteiger partial charge is 0.118 e. The molecule has 0 amide bonds. The fraction of sp³-hybridized carbons (Fsp3) is 0.364. The molecule has 14 heavy (non-hydrogen) atoms. The topological polar surface area (TPSA) is 35.8 Å². The van der Waals surface area contributed by atoms with Crippen molar-refractivity contribution in [2.45, 2.75) is 13.3 Å². The van der Waals surface area contributed by atoms with Gasteiger partial charge in [-0.05, 0) is 24.1 Å². The summed E-state index contributed by atoms with van der Waals surface area (Å²) in [6, 6.07) is 5.59. The summed E-state index contributed by atoms with van der Waals surface area (Å²) in [5.41, 5.74) is 2.06. The zero-order valence-corrected chi connectivity index (χ0v) is 8.86. The molecule has 1 aromatic carbocycles. The molecule has 0 unspecified atom stereocenters. The number of hydrogen-bond acceptors (Lipinski definition) is 3. The first-order valence-electron chi connectivity index (χ1n) is 4.58. The maximum Gasteiger partial charge on any atom is 0.118 e.